The van der Waals surface area contributed by atoms with Crippen molar-refractivity contribution < 1.29 is 9.53 Å². The maximum absolute atomic E-state index is 12.7. The lowest BCUT2D eigenvalue weighted by Crippen LogP contribution is -2.34. The summed E-state index contributed by atoms with van der Waals surface area (Å²) in [6.45, 7) is 4.19. The third-order valence-electron chi connectivity index (χ3n) is 6.24. The number of hydrogen-bond donors (Lipinski definition) is 0. The molecule has 1 aliphatic carbocycles. The van der Waals surface area contributed by atoms with E-state index in [2.05, 4.69) is 91.4 Å². The van der Waals surface area contributed by atoms with E-state index in [1.54, 1.807) is 0 Å². The van der Waals surface area contributed by atoms with Gasteiger partial charge >= 0.3 is 5.97 Å². The van der Waals surface area contributed by atoms with Crippen molar-refractivity contribution in [2.75, 3.05) is 6.61 Å². The number of esters is 1. The first-order valence-electron chi connectivity index (χ1n) is 11.3. The van der Waals surface area contributed by atoms with Crippen LogP contribution in [-0.4, -0.2) is 22.6 Å². The minimum absolute atomic E-state index is 0.00337. The molecule has 2 aromatic rings. The number of benzene rings is 2. The summed E-state index contributed by atoms with van der Waals surface area (Å²) in [6, 6.07) is 16.9. The number of rotatable bonds is 4. The third kappa shape index (κ3) is 4.45. The van der Waals surface area contributed by atoms with Gasteiger partial charge < -0.3 is 9.64 Å². The van der Waals surface area contributed by atoms with E-state index in [4.69, 9.17) is 9.73 Å². The van der Waals surface area contributed by atoms with Gasteiger partial charge in [-0.25, -0.2) is 9.79 Å². The average molecular weight is 600 g/mol. The van der Waals surface area contributed by atoms with Gasteiger partial charge in [-0.15, -0.1) is 0 Å². The molecule has 0 radical (unpaired) electrons. The predicted molar refractivity (Wildman–Crippen MR) is 146 cm³/mol. The van der Waals surface area contributed by atoms with Crippen LogP contribution in [0, 0.1) is 0 Å². The number of hydrogen-bond acceptors (Lipinski definition) is 5. The maximum atomic E-state index is 12.7. The van der Waals surface area contributed by atoms with Crippen LogP contribution in [-0.2, 0) is 9.53 Å². The summed E-state index contributed by atoms with van der Waals surface area (Å²) in [6.07, 6.45) is 5.30. The van der Waals surface area contributed by atoms with E-state index in [0.717, 1.165) is 50.3 Å². The van der Waals surface area contributed by atoms with Gasteiger partial charge in [-0.05, 0) is 97.5 Å². The SMILES string of the molecule is CCOC(=O)C1=C(C)N2C(=NC3=C(CCC/C3=C\c3ccc(Br)cc3)C2c2ccc(Br)cc2)S1. The first-order valence-corrected chi connectivity index (χ1v) is 13.7. The smallest absolute Gasteiger partial charge is 0.346 e. The number of halogens is 2. The van der Waals surface area contributed by atoms with Gasteiger partial charge in [0.15, 0.2) is 5.17 Å². The molecule has 0 saturated heterocycles. The Morgan fingerprint density at radius 3 is 2.47 bits per heavy atom. The van der Waals surface area contributed by atoms with E-state index >= 15 is 0 Å². The molecule has 0 amide bonds. The number of aliphatic imine (C=N–C) groups is 1. The van der Waals surface area contributed by atoms with Crippen LogP contribution in [0.4, 0.5) is 0 Å². The molecule has 0 N–H and O–H groups in total. The molecular formula is C27H24Br2N2O2S. The quantitative estimate of drug-likeness (QED) is 0.334. The van der Waals surface area contributed by atoms with Crippen LogP contribution in [0.25, 0.3) is 6.08 Å². The topological polar surface area (TPSA) is 41.9 Å². The number of fused-ring (bicyclic) bond motifs is 1. The zero-order chi connectivity index (χ0) is 23.8. The highest BCUT2D eigenvalue weighted by Gasteiger charge is 2.42. The minimum Gasteiger partial charge on any atom is -0.462 e. The first-order chi connectivity index (χ1) is 16.5. The fourth-order valence-corrected chi connectivity index (χ4v) is 6.28. The molecule has 0 spiro atoms. The van der Waals surface area contributed by atoms with E-state index in [1.807, 2.05) is 13.8 Å². The van der Waals surface area contributed by atoms with Gasteiger partial charge in [0, 0.05) is 14.6 Å². The summed E-state index contributed by atoms with van der Waals surface area (Å²) < 4.78 is 7.47. The first kappa shape index (κ1) is 23.6. The van der Waals surface area contributed by atoms with Gasteiger partial charge in [-0.2, -0.15) is 0 Å². The van der Waals surface area contributed by atoms with E-state index < -0.39 is 0 Å². The third-order valence-corrected chi connectivity index (χ3v) is 8.44. The zero-order valence-electron chi connectivity index (χ0n) is 19.0. The number of carbonyl (C=O) groups is 1. The normalized spacial score (nSPS) is 20.9. The van der Waals surface area contributed by atoms with Crippen molar-refractivity contribution in [3.8, 4) is 0 Å². The Hall–Kier alpha value is -2.09. The molecule has 5 rings (SSSR count). The van der Waals surface area contributed by atoms with Crippen LogP contribution in [0.1, 0.15) is 50.3 Å². The van der Waals surface area contributed by atoms with Crippen molar-refractivity contribution in [3.63, 3.8) is 0 Å². The van der Waals surface area contributed by atoms with E-state index in [1.165, 1.54) is 28.5 Å². The molecule has 2 aromatic carbocycles. The zero-order valence-corrected chi connectivity index (χ0v) is 23.0. The molecular weight excluding hydrogens is 576 g/mol. The molecule has 1 atom stereocenters. The van der Waals surface area contributed by atoms with Crippen LogP contribution in [0.2, 0.25) is 0 Å². The molecule has 3 aliphatic rings. The average Bonchev–Trinajstić information content (AvgIpc) is 3.16. The Labute approximate surface area is 221 Å². The molecule has 0 fully saturated rings. The maximum Gasteiger partial charge on any atom is 0.346 e. The summed E-state index contributed by atoms with van der Waals surface area (Å²) >= 11 is 8.51. The highest BCUT2D eigenvalue weighted by molar-refractivity contribution is 9.10. The van der Waals surface area contributed by atoms with Crippen LogP contribution in [0.15, 0.2) is 89.9 Å². The van der Waals surface area contributed by atoms with E-state index in [9.17, 15) is 4.79 Å². The molecule has 0 aromatic heterocycles. The van der Waals surface area contributed by atoms with Crippen LogP contribution in [0.5, 0.6) is 0 Å². The molecule has 7 heteroatoms. The van der Waals surface area contributed by atoms with Crippen LogP contribution >= 0.6 is 43.6 Å². The van der Waals surface area contributed by atoms with Crippen molar-refractivity contribution in [1.29, 1.82) is 0 Å². The summed E-state index contributed by atoms with van der Waals surface area (Å²) in [5.41, 5.74) is 6.89. The number of ether oxygens (including phenoxy) is 1. The van der Waals surface area contributed by atoms with Gasteiger partial charge in [0.25, 0.3) is 0 Å². The monoisotopic (exact) mass is 598 g/mol. The molecule has 2 heterocycles. The lowest BCUT2D eigenvalue weighted by Gasteiger charge is -2.39. The molecule has 1 unspecified atom stereocenters. The molecule has 0 bridgehead atoms. The predicted octanol–water partition coefficient (Wildman–Crippen LogP) is 7.99. The van der Waals surface area contributed by atoms with Crippen LogP contribution in [0.3, 0.4) is 0 Å². The van der Waals surface area contributed by atoms with E-state index in [0.29, 0.717) is 11.5 Å². The second-order valence-electron chi connectivity index (χ2n) is 8.40. The van der Waals surface area contributed by atoms with Gasteiger partial charge in [-0.3, -0.25) is 0 Å². The summed E-state index contributed by atoms with van der Waals surface area (Å²) in [5.74, 6) is -0.278. The number of carbonyl (C=O) groups excluding carboxylic acids is 1. The number of allylic oxidation sites excluding steroid dienone is 2. The summed E-state index contributed by atoms with van der Waals surface area (Å²) in [5, 5.41) is 0.843. The lowest BCUT2D eigenvalue weighted by atomic mass is 9.83. The second kappa shape index (κ2) is 9.88. The summed E-state index contributed by atoms with van der Waals surface area (Å²) in [4.78, 5) is 20.7. The number of amidine groups is 1. The molecule has 2 aliphatic heterocycles. The van der Waals surface area contributed by atoms with Crippen molar-refractivity contribution in [1.82, 2.24) is 4.90 Å². The highest BCUT2D eigenvalue weighted by atomic mass is 79.9. The van der Waals surface area contributed by atoms with Crippen molar-refractivity contribution in [2.45, 2.75) is 39.2 Å². The summed E-state index contributed by atoms with van der Waals surface area (Å²) in [7, 11) is 0. The minimum atomic E-state index is -0.278. The Kier molecular flexibility index (Phi) is 6.87. The van der Waals surface area contributed by atoms with Gasteiger partial charge in [-0.1, -0.05) is 56.1 Å². The Morgan fingerprint density at radius 1 is 1.12 bits per heavy atom. The standard InChI is InChI=1S/C27H24Br2N2O2S/c1-3-33-26(32)25-16(2)31-24(18-9-13-21(29)14-10-18)22-6-4-5-19(23(22)30-27(31)34-25)15-17-7-11-20(28)12-8-17/h7-15,24H,3-6H2,1-2H3/b19-15+. The fraction of sp³-hybridized carbons (Fsp3) is 0.259. The number of thioether (sulfide) groups is 1. The van der Waals surface area contributed by atoms with Crippen molar-refractivity contribution >= 4 is 60.8 Å². The molecule has 34 heavy (non-hydrogen) atoms. The number of nitrogens with zero attached hydrogens (tertiary/aromatic N) is 2. The van der Waals surface area contributed by atoms with Crippen LogP contribution < -0.4 is 0 Å². The highest BCUT2D eigenvalue weighted by Crippen LogP contribution is 2.51. The van der Waals surface area contributed by atoms with Gasteiger partial charge in [0.05, 0.1) is 18.3 Å². The molecule has 174 valence electrons. The van der Waals surface area contributed by atoms with Gasteiger partial charge in [0.1, 0.15) is 4.91 Å². The largest absolute Gasteiger partial charge is 0.462 e. The molecule has 4 nitrogen and oxygen atoms in total. The van der Waals surface area contributed by atoms with Crippen molar-refractivity contribution in [3.05, 3.63) is 96.0 Å². The Morgan fingerprint density at radius 2 is 1.79 bits per heavy atom. The van der Waals surface area contributed by atoms with Crippen molar-refractivity contribution in [2.24, 2.45) is 4.99 Å². The second-order valence-corrected chi connectivity index (χ2v) is 11.2. The van der Waals surface area contributed by atoms with Gasteiger partial charge in [0.2, 0.25) is 0 Å². The fourth-order valence-electron chi connectivity index (χ4n) is 4.70. The Bertz CT molecular complexity index is 1260. The lowest BCUT2D eigenvalue weighted by molar-refractivity contribution is -0.137. The molecule has 0 saturated carbocycles. The Balaban J connectivity index is 1.64. The van der Waals surface area contributed by atoms with E-state index in [-0.39, 0.29) is 12.0 Å².